The van der Waals surface area contributed by atoms with Crippen molar-refractivity contribution in [2.45, 2.75) is 56.7 Å². The Labute approximate surface area is 176 Å². The van der Waals surface area contributed by atoms with Crippen LogP contribution >= 0.6 is 7.75 Å². The lowest BCUT2D eigenvalue weighted by molar-refractivity contribution is -0.142. The quantitative estimate of drug-likeness (QED) is 0.0891. The van der Waals surface area contributed by atoms with E-state index in [0.29, 0.717) is 0 Å². The first-order valence-corrected chi connectivity index (χ1v) is 10.5. The number of rotatable bonds is 17. The Balaban J connectivity index is 4.52. The van der Waals surface area contributed by atoms with Crippen LogP contribution in [0, 0.1) is 0 Å². The molecule has 0 aliphatic rings. The first kappa shape index (κ1) is 28.4. The Kier molecular flexibility index (Phi) is 12.5. The van der Waals surface area contributed by atoms with Gasteiger partial charge in [-0.3, -0.25) is 23.7 Å². The molecule has 4 atom stereocenters. The van der Waals surface area contributed by atoms with Gasteiger partial charge in [0.15, 0.2) is 0 Å². The summed E-state index contributed by atoms with van der Waals surface area (Å²) in [4.78, 5) is 64.7. The van der Waals surface area contributed by atoms with E-state index in [0.717, 1.165) is 0 Å². The minimum Gasteiger partial charge on any atom is -0.481 e. The second-order valence-electron chi connectivity index (χ2n) is 6.39. The SMILES string of the molecule is N[C@@H](CCC(=O)N[C@@H](CCCOP(=O)(O)N[C@@H](CCC(=O)O)C(=O)O)C(=O)O)C(=O)O. The van der Waals surface area contributed by atoms with E-state index in [1.807, 2.05) is 5.09 Å². The molecule has 0 aromatic rings. The molecule has 0 radical (unpaired) electrons. The van der Waals surface area contributed by atoms with Crippen LogP contribution in [0.3, 0.4) is 0 Å². The topological polar surface area (TPSA) is 263 Å². The van der Waals surface area contributed by atoms with Crippen LogP contribution in [0.4, 0.5) is 0 Å². The van der Waals surface area contributed by atoms with Gasteiger partial charge < -0.3 is 36.4 Å². The summed E-state index contributed by atoms with van der Waals surface area (Å²) in [5.74, 6) is -6.32. The van der Waals surface area contributed by atoms with Gasteiger partial charge >= 0.3 is 31.6 Å². The predicted octanol–water partition coefficient (Wildman–Crippen LogP) is -1.45. The number of carboxylic acids is 4. The van der Waals surface area contributed by atoms with Gasteiger partial charge in [0.05, 0.1) is 6.61 Å². The Morgan fingerprint density at radius 2 is 1.45 bits per heavy atom. The summed E-state index contributed by atoms with van der Waals surface area (Å²) < 4.78 is 16.6. The van der Waals surface area contributed by atoms with Gasteiger partial charge in [0, 0.05) is 12.8 Å². The van der Waals surface area contributed by atoms with E-state index in [2.05, 4.69) is 9.84 Å². The molecule has 0 fully saturated rings. The van der Waals surface area contributed by atoms with Crippen molar-refractivity contribution in [2.75, 3.05) is 6.61 Å². The molecule has 0 saturated carbocycles. The number of nitrogens with two attached hydrogens (primary N) is 1. The second kappa shape index (κ2) is 13.7. The number of carboxylic acid groups (broad SMARTS) is 4. The molecule has 0 aliphatic heterocycles. The highest BCUT2D eigenvalue weighted by Gasteiger charge is 2.29. The number of nitrogens with one attached hydrogen (secondary N) is 2. The van der Waals surface area contributed by atoms with Gasteiger partial charge in [0.2, 0.25) is 5.91 Å². The van der Waals surface area contributed by atoms with Crippen molar-refractivity contribution in [1.82, 2.24) is 10.4 Å². The average Bonchev–Trinajstić information content (AvgIpc) is 2.64. The summed E-state index contributed by atoms with van der Waals surface area (Å²) >= 11 is 0. The summed E-state index contributed by atoms with van der Waals surface area (Å²) in [6.07, 6.45) is -1.91. The molecular formula is C15H26N3O12P. The van der Waals surface area contributed by atoms with Crippen LogP contribution in [-0.4, -0.2) is 79.8 Å². The third-order valence-electron chi connectivity index (χ3n) is 3.80. The van der Waals surface area contributed by atoms with Crippen molar-refractivity contribution in [3.63, 3.8) is 0 Å². The van der Waals surface area contributed by atoms with Gasteiger partial charge in [0.1, 0.15) is 18.1 Å². The Hall–Kier alpha value is -2.58. The monoisotopic (exact) mass is 471 g/mol. The zero-order chi connectivity index (χ0) is 24.2. The van der Waals surface area contributed by atoms with Crippen molar-refractivity contribution >= 4 is 37.5 Å². The lowest BCUT2D eigenvalue weighted by Gasteiger charge is -2.19. The van der Waals surface area contributed by atoms with Gasteiger partial charge in [-0.25, -0.2) is 14.4 Å². The van der Waals surface area contributed by atoms with Gasteiger partial charge in [-0.15, -0.1) is 0 Å². The number of carbonyl (C=O) groups is 5. The molecule has 16 heteroatoms. The molecule has 0 aromatic heterocycles. The minimum absolute atomic E-state index is 0.120. The van der Waals surface area contributed by atoms with E-state index in [1.54, 1.807) is 0 Å². The highest BCUT2D eigenvalue weighted by Crippen LogP contribution is 2.38. The van der Waals surface area contributed by atoms with Crippen LogP contribution in [0.5, 0.6) is 0 Å². The molecule has 0 aliphatic carbocycles. The van der Waals surface area contributed by atoms with E-state index >= 15 is 0 Å². The van der Waals surface area contributed by atoms with Crippen LogP contribution in [0.25, 0.3) is 0 Å². The van der Waals surface area contributed by atoms with E-state index in [-0.39, 0.29) is 25.7 Å². The molecule has 0 heterocycles. The molecule has 0 bridgehead atoms. The molecule has 178 valence electrons. The lowest BCUT2D eigenvalue weighted by atomic mass is 10.1. The lowest BCUT2D eigenvalue weighted by Crippen LogP contribution is -2.41. The van der Waals surface area contributed by atoms with Gasteiger partial charge in [-0.2, -0.15) is 0 Å². The first-order chi connectivity index (χ1) is 14.2. The molecule has 1 amide bonds. The third-order valence-corrected chi connectivity index (χ3v) is 4.97. The van der Waals surface area contributed by atoms with Crippen molar-refractivity contribution in [3.8, 4) is 0 Å². The third kappa shape index (κ3) is 13.4. The van der Waals surface area contributed by atoms with Crippen molar-refractivity contribution < 1.29 is 58.4 Å². The van der Waals surface area contributed by atoms with Gasteiger partial charge in [-0.1, -0.05) is 0 Å². The minimum atomic E-state index is -4.63. The fourth-order valence-electron chi connectivity index (χ4n) is 2.15. The zero-order valence-corrected chi connectivity index (χ0v) is 17.2. The Morgan fingerprint density at radius 3 is 1.94 bits per heavy atom. The maximum absolute atomic E-state index is 11.9. The summed E-state index contributed by atoms with van der Waals surface area (Å²) in [5, 5.41) is 39.3. The van der Waals surface area contributed by atoms with Crippen molar-refractivity contribution in [2.24, 2.45) is 5.73 Å². The molecule has 31 heavy (non-hydrogen) atoms. The summed E-state index contributed by atoms with van der Waals surface area (Å²) in [6.45, 7) is -0.477. The van der Waals surface area contributed by atoms with Crippen LogP contribution in [0.1, 0.15) is 38.5 Å². The highest BCUT2D eigenvalue weighted by molar-refractivity contribution is 7.50. The molecule has 0 spiro atoms. The number of hydrogen-bond acceptors (Lipinski definition) is 8. The maximum Gasteiger partial charge on any atom is 0.403 e. The molecule has 9 N–H and O–H groups in total. The highest BCUT2D eigenvalue weighted by atomic mass is 31.2. The summed E-state index contributed by atoms with van der Waals surface area (Å²) in [6, 6.07) is -4.32. The maximum atomic E-state index is 11.9. The zero-order valence-electron chi connectivity index (χ0n) is 16.3. The van der Waals surface area contributed by atoms with E-state index in [9.17, 15) is 33.4 Å². The molecule has 0 saturated heterocycles. The van der Waals surface area contributed by atoms with Gasteiger partial charge in [-0.05, 0) is 25.7 Å². The Morgan fingerprint density at radius 1 is 0.871 bits per heavy atom. The fourth-order valence-corrected chi connectivity index (χ4v) is 3.24. The largest absolute Gasteiger partial charge is 0.481 e. The van der Waals surface area contributed by atoms with E-state index in [4.69, 9.17) is 26.2 Å². The summed E-state index contributed by atoms with van der Waals surface area (Å²) in [7, 11) is -4.63. The number of hydrogen-bond donors (Lipinski definition) is 8. The number of aliphatic carboxylic acids is 4. The molecule has 0 rings (SSSR count). The number of amides is 1. The Bertz CT molecular complexity index is 715. The normalized spacial score (nSPS) is 15.8. The average molecular weight is 471 g/mol. The van der Waals surface area contributed by atoms with Crippen LogP contribution in [0.15, 0.2) is 0 Å². The van der Waals surface area contributed by atoms with Crippen molar-refractivity contribution in [3.05, 3.63) is 0 Å². The fraction of sp³-hybridized carbons (Fsp3) is 0.667. The second-order valence-corrected chi connectivity index (χ2v) is 7.95. The first-order valence-electron chi connectivity index (χ1n) is 8.95. The molecule has 1 unspecified atom stereocenters. The number of carbonyl (C=O) groups excluding carboxylic acids is 1. The van der Waals surface area contributed by atoms with E-state index < -0.39 is 75.1 Å². The summed E-state index contributed by atoms with van der Waals surface area (Å²) in [5.41, 5.74) is 5.25. The van der Waals surface area contributed by atoms with Gasteiger partial charge in [0.25, 0.3) is 0 Å². The van der Waals surface area contributed by atoms with Crippen molar-refractivity contribution in [1.29, 1.82) is 0 Å². The van der Waals surface area contributed by atoms with Crippen LogP contribution < -0.4 is 16.1 Å². The standard InChI is InChI=1S/C15H26N3O12P/c16-8(13(22)23)3-5-11(19)17-9(14(24)25)2-1-7-30-31(28,29)18-10(15(26)27)4-6-12(20)21/h8-10H,1-7,16H2,(H,17,19)(H,20,21)(H,22,23)(H,24,25)(H,26,27)(H2,18,28,29)/t8-,9-,10-/m0/s1. The smallest absolute Gasteiger partial charge is 0.403 e. The molecular weight excluding hydrogens is 445 g/mol. The molecule has 15 nitrogen and oxygen atoms in total. The molecule has 0 aromatic carbocycles. The van der Waals surface area contributed by atoms with Crippen LogP contribution in [-0.2, 0) is 33.1 Å². The predicted molar refractivity (Wildman–Crippen MR) is 101 cm³/mol. The van der Waals surface area contributed by atoms with E-state index in [1.165, 1.54) is 0 Å². The van der Waals surface area contributed by atoms with Crippen LogP contribution in [0.2, 0.25) is 0 Å².